The van der Waals surface area contributed by atoms with Gasteiger partial charge in [0.25, 0.3) is 11.8 Å². The number of carbonyl (C=O) groups excluding carboxylic acids is 7. The van der Waals surface area contributed by atoms with Crippen molar-refractivity contribution in [1.29, 1.82) is 0 Å². The second kappa shape index (κ2) is 23.2. The Hall–Kier alpha value is -7.56. The summed E-state index contributed by atoms with van der Waals surface area (Å²) < 4.78 is 11.0. The van der Waals surface area contributed by atoms with Gasteiger partial charge in [-0.05, 0) is 97.2 Å². The molecule has 0 bridgehead atoms. The number of primary amides is 1. The van der Waals surface area contributed by atoms with Crippen LogP contribution in [0.2, 0.25) is 0 Å². The predicted molar refractivity (Wildman–Crippen MR) is 246 cm³/mol. The average molecular weight is 889 g/mol. The van der Waals surface area contributed by atoms with Crippen LogP contribution >= 0.6 is 0 Å². The third-order valence-corrected chi connectivity index (χ3v) is 10.6. The second-order valence-electron chi connectivity index (χ2n) is 15.9. The Kier molecular flexibility index (Phi) is 17.3. The van der Waals surface area contributed by atoms with Crippen molar-refractivity contribution < 1.29 is 43.0 Å². The standard InChI is InChI=1S/C48H56N8O9/c1-29(2)44(55-41(57)15-7-6-10-25-56-42(58)22-23-43(56)59)46(61)53-38(14-11-24-50-47(49)62)45(60)52-34-19-16-32(17-20-34)28-65-48(63)54-39-27-33(18-21-40(39)64-5)31(4)36-26-30(3)51-37-13-9-8-12-35(36)37/h8-9,12-13,16-23,26-27,29,38,44H,4,6-7,10-11,14-15,24-25,28H2,1-3,5H3,(H,52,60)(H,53,61)(H,54,63)(H,55,57)(H3,49,50,62)/t38-,44?/m0/s1. The van der Waals surface area contributed by atoms with Crippen molar-refractivity contribution in [3.05, 3.63) is 114 Å². The van der Waals surface area contributed by atoms with Crippen LogP contribution in [0.15, 0.2) is 91.5 Å². The second-order valence-corrected chi connectivity index (χ2v) is 15.9. The number of fused-ring (bicyclic) bond motifs is 1. The number of benzene rings is 3. The number of nitrogens with zero attached hydrogens (tertiary/aromatic N) is 2. The Morgan fingerprint density at radius 3 is 2.26 bits per heavy atom. The summed E-state index contributed by atoms with van der Waals surface area (Å²) in [5.41, 5.74) is 10.7. The lowest BCUT2D eigenvalue weighted by Gasteiger charge is -2.25. The number of amides is 8. The maximum atomic E-state index is 13.6. The summed E-state index contributed by atoms with van der Waals surface area (Å²) in [5.74, 6) is -2.07. The number of hydrogen-bond acceptors (Lipinski definition) is 10. The van der Waals surface area contributed by atoms with Crippen molar-refractivity contribution >= 4 is 69.5 Å². The number of nitrogens with one attached hydrogen (secondary N) is 5. The molecule has 7 N–H and O–H groups in total. The van der Waals surface area contributed by atoms with Crippen molar-refractivity contribution in [2.75, 3.05) is 30.8 Å². The van der Waals surface area contributed by atoms with Crippen LogP contribution in [-0.4, -0.2) is 83.8 Å². The number of imide groups is 1. The van der Waals surface area contributed by atoms with Crippen molar-refractivity contribution in [3.63, 3.8) is 0 Å². The lowest BCUT2D eigenvalue weighted by Crippen LogP contribution is -2.54. The van der Waals surface area contributed by atoms with E-state index in [0.29, 0.717) is 48.4 Å². The number of anilines is 2. The van der Waals surface area contributed by atoms with Gasteiger partial charge in [-0.25, -0.2) is 9.59 Å². The van der Waals surface area contributed by atoms with E-state index in [1.807, 2.05) is 43.3 Å². The Morgan fingerprint density at radius 2 is 1.57 bits per heavy atom. The van der Waals surface area contributed by atoms with E-state index in [4.69, 9.17) is 15.2 Å². The van der Waals surface area contributed by atoms with E-state index in [1.54, 1.807) is 50.2 Å². The molecule has 0 radical (unpaired) electrons. The minimum absolute atomic E-state index is 0.0940. The largest absolute Gasteiger partial charge is 0.495 e. The molecule has 5 rings (SSSR count). The molecule has 17 nitrogen and oxygen atoms in total. The molecule has 1 unspecified atom stereocenters. The highest BCUT2D eigenvalue weighted by Crippen LogP contribution is 2.33. The van der Waals surface area contributed by atoms with E-state index >= 15 is 0 Å². The van der Waals surface area contributed by atoms with E-state index in [2.05, 4.69) is 38.1 Å². The first-order valence-corrected chi connectivity index (χ1v) is 21.4. The topological polar surface area (TPSA) is 240 Å². The Morgan fingerprint density at radius 1 is 0.846 bits per heavy atom. The lowest BCUT2D eigenvalue weighted by atomic mass is 9.95. The molecule has 2 heterocycles. The normalized spacial score (nSPS) is 13.0. The SMILES string of the molecule is C=C(c1ccc(OC)c(NC(=O)OCc2ccc(NC(=O)[C@H](CCCNC(N)=O)NC(=O)C(NC(=O)CCCCCN3C(=O)C=CC3=O)C(C)C)cc2)c1)c1cc(C)nc2ccccc12. The molecule has 65 heavy (non-hydrogen) atoms. The molecule has 3 aromatic carbocycles. The van der Waals surface area contributed by atoms with Crippen LogP contribution in [0.25, 0.3) is 16.5 Å². The molecule has 2 atom stereocenters. The molecular formula is C48H56N8O9. The van der Waals surface area contributed by atoms with Gasteiger partial charge in [-0.15, -0.1) is 0 Å². The highest BCUT2D eigenvalue weighted by molar-refractivity contribution is 6.12. The fraction of sp³-hybridized carbons (Fsp3) is 0.333. The Labute approximate surface area is 377 Å². The fourth-order valence-corrected chi connectivity index (χ4v) is 7.13. The predicted octanol–water partition coefficient (Wildman–Crippen LogP) is 5.86. The van der Waals surface area contributed by atoms with Crippen molar-refractivity contribution in [3.8, 4) is 5.75 Å². The zero-order valence-corrected chi connectivity index (χ0v) is 37.0. The molecule has 8 amide bonds. The van der Waals surface area contributed by atoms with E-state index in [0.717, 1.165) is 38.2 Å². The number of methoxy groups -OCH3 is 1. The van der Waals surface area contributed by atoms with Crippen molar-refractivity contribution in [2.24, 2.45) is 11.7 Å². The number of unbranched alkanes of at least 4 members (excludes halogenated alkanes) is 2. The Balaban J connectivity index is 1.14. The Bertz CT molecular complexity index is 2430. The van der Waals surface area contributed by atoms with Crippen LogP contribution in [-0.2, 0) is 35.3 Å². The number of aryl methyl sites for hydroxylation is 1. The number of ether oxygens (including phenoxy) is 2. The van der Waals surface area contributed by atoms with E-state index in [9.17, 15) is 33.6 Å². The number of pyridine rings is 1. The van der Waals surface area contributed by atoms with Gasteiger partial charge < -0.3 is 36.5 Å². The number of rotatable bonds is 22. The van der Waals surface area contributed by atoms with Gasteiger partial charge in [0.15, 0.2) is 0 Å². The molecule has 17 heteroatoms. The van der Waals surface area contributed by atoms with Gasteiger partial charge in [-0.2, -0.15) is 0 Å². The lowest BCUT2D eigenvalue weighted by molar-refractivity contribution is -0.137. The maximum Gasteiger partial charge on any atom is 0.412 e. The van der Waals surface area contributed by atoms with E-state index in [-0.39, 0.29) is 56.2 Å². The number of carbonyl (C=O) groups is 7. The minimum Gasteiger partial charge on any atom is -0.495 e. The van der Waals surface area contributed by atoms with Gasteiger partial charge in [0.1, 0.15) is 24.4 Å². The zero-order chi connectivity index (χ0) is 47.0. The molecule has 1 aliphatic heterocycles. The molecule has 1 aliphatic rings. The number of hydrogen-bond donors (Lipinski definition) is 6. The van der Waals surface area contributed by atoms with Crippen LogP contribution in [0.4, 0.5) is 21.0 Å². The third-order valence-electron chi connectivity index (χ3n) is 10.6. The van der Waals surface area contributed by atoms with E-state index < -0.39 is 36.0 Å². The van der Waals surface area contributed by atoms with Crippen LogP contribution in [0.1, 0.15) is 74.8 Å². The first-order valence-electron chi connectivity index (χ1n) is 21.4. The quantitative estimate of drug-likeness (QED) is 0.0406. The van der Waals surface area contributed by atoms with Gasteiger partial charge >= 0.3 is 12.1 Å². The molecule has 0 aliphatic carbocycles. The summed E-state index contributed by atoms with van der Waals surface area (Å²) >= 11 is 0. The first-order chi connectivity index (χ1) is 31.1. The monoisotopic (exact) mass is 888 g/mol. The molecule has 0 fully saturated rings. The van der Waals surface area contributed by atoms with Crippen LogP contribution < -0.4 is 37.1 Å². The average Bonchev–Trinajstić information content (AvgIpc) is 3.60. The van der Waals surface area contributed by atoms with Gasteiger partial charge in [0.05, 0.1) is 18.3 Å². The smallest absolute Gasteiger partial charge is 0.412 e. The van der Waals surface area contributed by atoms with Crippen molar-refractivity contribution in [2.45, 2.75) is 78.0 Å². The van der Waals surface area contributed by atoms with Crippen LogP contribution in [0.5, 0.6) is 5.75 Å². The van der Waals surface area contributed by atoms with Gasteiger partial charge in [0.2, 0.25) is 17.7 Å². The van der Waals surface area contributed by atoms with E-state index in [1.165, 1.54) is 19.3 Å². The highest BCUT2D eigenvalue weighted by Gasteiger charge is 2.29. The summed E-state index contributed by atoms with van der Waals surface area (Å²) in [6.45, 7) is 10.1. The summed E-state index contributed by atoms with van der Waals surface area (Å²) in [6.07, 6.45) is 3.88. The highest BCUT2D eigenvalue weighted by atomic mass is 16.5. The van der Waals surface area contributed by atoms with Gasteiger partial charge in [-0.3, -0.25) is 39.2 Å². The molecular weight excluding hydrogens is 833 g/mol. The van der Waals surface area contributed by atoms with Crippen LogP contribution in [0.3, 0.4) is 0 Å². The minimum atomic E-state index is -1.05. The number of aromatic nitrogens is 1. The summed E-state index contributed by atoms with van der Waals surface area (Å²) in [5, 5.41) is 14.5. The molecule has 0 saturated carbocycles. The van der Waals surface area contributed by atoms with Gasteiger partial charge in [-0.1, -0.05) is 63.2 Å². The maximum absolute atomic E-state index is 13.6. The summed E-state index contributed by atoms with van der Waals surface area (Å²) in [4.78, 5) is 93.6. The van der Waals surface area contributed by atoms with Crippen LogP contribution in [0, 0.1) is 12.8 Å². The first kappa shape index (κ1) is 48.5. The number of urea groups is 1. The molecule has 342 valence electrons. The molecule has 4 aromatic rings. The zero-order valence-electron chi connectivity index (χ0n) is 37.0. The third kappa shape index (κ3) is 14.0. The number of nitrogens with two attached hydrogens (primary N) is 1. The summed E-state index contributed by atoms with van der Waals surface area (Å²) in [7, 11) is 1.50. The van der Waals surface area contributed by atoms with Gasteiger partial charge in [0, 0.05) is 48.4 Å². The molecule has 1 aromatic heterocycles. The fourth-order valence-electron chi connectivity index (χ4n) is 7.13. The van der Waals surface area contributed by atoms with Crippen molar-refractivity contribution in [1.82, 2.24) is 25.8 Å². The molecule has 0 saturated heterocycles. The molecule has 0 spiro atoms. The summed E-state index contributed by atoms with van der Waals surface area (Å²) in [6, 6.07) is 19.0. The number of para-hydroxylation sites is 1.